The van der Waals surface area contributed by atoms with Crippen LogP contribution in [0.4, 0.5) is 0 Å². The Kier molecular flexibility index (Phi) is 5.75. The summed E-state index contributed by atoms with van der Waals surface area (Å²) in [6.07, 6.45) is 6.92. The van der Waals surface area contributed by atoms with Gasteiger partial charge in [-0.15, -0.1) is 11.6 Å². The van der Waals surface area contributed by atoms with Crippen molar-refractivity contribution in [2.24, 2.45) is 0 Å². The molecule has 0 aliphatic carbocycles. The van der Waals surface area contributed by atoms with Crippen molar-refractivity contribution in [2.45, 2.75) is 18.9 Å². The number of piperidine rings is 1. The molecule has 0 aromatic rings. The molecular weight excluding hydrogens is 248 g/mol. The highest BCUT2D eigenvalue weighted by Crippen LogP contribution is 2.12. The smallest absolute Gasteiger partial charge is 0.211 e. The molecule has 0 atom stereocenters. The van der Waals surface area contributed by atoms with Crippen LogP contribution in [0, 0.1) is 0 Å². The van der Waals surface area contributed by atoms with Crippen LogP contribution in [0.15, 0.2) is 12.2 Å². The van der Waals surface area contributed by atoms with E-state index in [-0.39, 0.29) is 0 Å². The highest BCUT2D eigenvalue weighted by atomic mass is 35.5. The third-order valence-corrected chi connectivity index (χ3v) is 4.18. The van der Waals surface area contributed by atoms with E-state index in [0.717, 1.165) is 19.4 Å². The van der Waals surface area contributed by atoms with E-state index in [0.29, 0.717) is 25.0 Å². The Morgan fingerprint density at radius 2 is 2.00 bits per heavy atom. The first kappa shape index (κ1) is 14.0. The Morgan fingerprint density at radius 3 is 2.50 bits per heavy atom. The van der Waals surface area contributed by atoms with Crippen LogP contribution in [-0.2, 0) is 10.0 Å². The molecule has 0 spiro atoms. The van der Waals surface area contributed by atoms with E-state index in [1.165, 1.54) is 6.26 Å². The summed E-state index contributed by atoms with van der Waals surface area (Å²) in [6.45, 7) is 2.04. The number of sulfonamides is 1. The van der Waals surface area contributed by atoms with Gasteiger partial charge in [0.15, 0.2) is 0 Å². The van der Waals surface area contributed by atoms with Crippen LogP contribution in [0.2, 0.25) is 0 Å². The lowest BCUT2D eigenvalue weighted by Gasteiger charge is -2.30. The third-order valence-electron chi connectivity index (χ3n) is 2.70. The van der Waals surface area contributed by atoms with Gasteiger partial charge in [0.25, 0.3) is 0 Å². The topological polar surface area (TPSA) is 49.4 Å². The number of halogens is 1. The maximum atomic E-state index is 11.3. The second-order valence-corrected chi connectivity index (χ2v) is 6.26. The molecule has 16 heavy (non-hydrogen) atoms. The van der Waals surface area contributed by atoms with Crippen molar-refractivity contribution < 1.29 is 8.42 Å². The Hall–Kier alpha value is -0.100. The third kappa shape index (κ3) is 4.82. The Bertz CT molecular complexity index is 322. The van der Waals surface area contributed by atoms with Gasteiger partial charge in [-0.3, -0.25) is 0 Å². The van der Waals surface area contributed by atoms with Crippen LogP contribution in [0.3, 0.4) is 0 Å². The molecule has 0 radical (unpaired) electrons. The summed E-state index contributed by atoms with van der Waals surface area (Å²) >= 11 is 5.50. The number of allylic oxidation sites excluding steroid dienone is 1. The van der Waals surface area contributed by atoms with Crippen molar-refractivity contribution in [3.05, 3.63) is 12.2 Å². The van der Waals surface area contributed by atoms with E-state index < -0.39 is 10.0 Å². The van der Waals surface area contributed by atoms with Crippen LogP contribution < -0.4 is 5.32 Å². The normalized spacial score (nSPS) is 20.6. The Morgan fingerprint density at radius 1 is 1.38 bits per heavy atom. The van der Waals surface area contributed by atoms with Crippen LogP contribution in [0.5, 0.6) is 0 Å². The summed E-state index contributed by atoms with van der Waals surface area (Å²) in [5, 5.41) is 3.36. The fraction of sp³-hybridized carbons (Fsp3) is 0.800. The summed E-state index contributed by atoms with van der Waals surface area (Å²) in [7, 11) is -3.00. The van der Waals surface area contributed by atoms with Crippen LogP contribution in [0.1, 0.15) is 12.8 Å². The standard InChI is InChI=1S/C10H19ClN2O2S/c1-16(14,15)13-8-4-10(5-9-13)12-7-3-2-6-11/h2-3,10,12H,4-9H2,1H3/b3-2+. The van der Waals surface area contributed by atoms with Crippen LogP contribution in [-0.4, -0.2) is 50.5 Å². The molecule has 1 N–H and O–H groups in total. The van der Waals surface area contributed by atoms with Gasteiger partial charge >= 0.3 is 0 Å². The molecular formula is C10H19ClN2O2S. The lowest BCUT2D eigenvalue weighted by molar-refractivity contribution is 0.296. The Labute approximate surface area is 103 Å². The fourth-order valence-electron chi connectivity index (χ4n) is 1.77. The van der Waals surface area contributed by atoms with Gasteiger partial charge in [-0.05, 0) is 12.8 Å². The van der Waals surface area contributed by atoms with Gasteiger partial charge < -0.3 is 5.32 Å². The number of nitrogens with zero attached hydrogens (tertiary/aromatic N) is 1. The molecule has 1 saturated heterocycles. The molecule has 1 aliphatic rings. The van der Waals surface area contributed by atoms with E-state index in [4.69, 9.17) is 11.6 Å². The minimum Gasteiger partial charge on any atom is -0.310 e. The first-order valence-corrected chi connectivity index (χ1v) is 7.82. The highest BCUT2D eigenvalue weighted by Gasteiger charge is 2.23. The zero-order chi connectivity index (χ0) is 12.0. The summed E-state index contributed by atoms with van der Waals surface area (Å²) in [6, 6.07) is 0.415. The molecule has 0 saturated carbocycles. The van der Waals surface area contributed by atoms with E-state index in [2.05, 4.69) is 5.32 Å². The second kappa shape index (κ2) is 6.59. The molecule has 1 rings (SSSR count). The molecule has 1 fully saturated rings. The van der Waals surface area contributed by atoms with Crippen molar-refractivity contribution in [3.8, 4) is 0 Å². The fourth-order valence-corrected chi connectivity index (χ4v) is 2.77. The molecule has 1 heterocycles. The van der Waals surface area contributed by atoms with Gasteiger partial charge in [-0.1, -0.05) is 12.2 Å². The van der Waals surface area contributed by atoms with Gasteiger partial charge in [0.2, 0.25) is 10.0 Å². The molecule has 94 valence electrons. The number of hydrogen-bond acceptors (Lipinski definition) is 3. The van der Waals surface area contributed by atoms with Crippen LogP contribution >= 0.6 is 11.6 Å². The Balaban J connectivity index is 2.25. The van der Waals surface area contributed by atoms with Crippen molar-refractivity contribution in [1.82, 2.24) is 9.62 Å². The first-order valence-electron chi connectivity index (χ1n) is 5.43. The summed E-state index contributed by atoms with van der Waals surface area (Å²) in [5.41, 5.74) is 0. The summed E-state index contributed by atoms with van der Waals surface area (Å²) < 4.78 is 24.1. The van der Waals surface area contributed by atoms with Crippen molar-refractivity contribution >= 4 is 21.6 Å². The monoisotopic (exact) mass is 266 g/mol. The average molecular weight is 267 g/mol. The van der Waals surface area contributed by atoms with Crippen molar-refractivity contribution in [1.29, 1.82) is 0 Å². The zero-order valence-corrected chi connectivity index (χ0v) is 11.1. The SMILES string of the molecule is CS(=O)(=O)N1CCC(NC/C=C/CCl)CC1. The van der Waals surface area contributed by atoms with Gasteiger partial charge in [-0.25, -0.2) is 12.7 Å². The largest absolute Gasteiger partial charge is 0.310 e. The van der Waals surface area contributed by atoms with Gasteiger partial charge in [-0.2, -0.15) is 0 Å². The van der Waals surface area contributed by atoms with Crippen LogP contribution in [0.25, 0.3) is 0 Å². The van der Waals surface area contributed by atoms with Gasteiger partial charge in [0.1, 0.15) is 0 Å². The molecule has 0 aromatic heterocycles. The maximum Gasteiger partial charge on any atom is 0.211 e. The minimum atomic E-state index is -3.00. The number of hydrogen-bond donors (Lipinski definition) is 1. The molecule has 0 unspecified atom stereocenters. The number of rotatable bonds is 5. The second-order valence-electron chi connectivity index (χ2n) is 3.97. The van der Waals surface area contributed by atoms with Crippen molar-refractivity contribution in [2.75, 3.05) is 31.8 Å². The summed E-state index contributed by atoms with van der Waals surface area (Å²) in [4.78, 5) is 0. The summed E-state index contributed by atoms with van der Waals surface area (Å²) in [5.74, 6) is 0.536. The average Bonchev–Trinajstić information content (AvgIpc) is 2.24. The van der Waals surface area contributed by atoms with Gasteiger partial charge in [0, 0.05) is 31.6 Å². The molecule has 1 aliphatic heterocycles. The maximum absolute atomic E-state index is 11.3. The quantitative estimate of drug-likeness (QED) is 0.591. The van der Waals surface area contributed by atoms with E-state index >= 15 is 0 Å². The minimum absolute atomic E-state index is 0.415. The lowest BCUT2D eigenvalue weighted by Crippen LogP contribution is -2.44. The molecule has 4 nitrogen and oxygen atoms in total. The van der Waals surface area contributed by atoms with E-state index in [9.17, 15) is 8.42 Å². The highest BCUT2D eigenvalue weighted by molar-refractivity contribution is 7.88. The first-order chi connectivity index (χ1) is 7.54. The molecule has 0 aromatic carbocycles. The van der Waals surface area contributed by atoms with Crippen molar-refractivity contribution in [3.63, 3.8) is 0 Å². The molecule has 6 heteroatoms. The number of alkyl halides is 1. The van der Waals surface area contributed by atoms with Gasteiger partial charge in [0.05, 0.1) is 6.26 Å². The molecule has 0 amide bonds. The lowest BCUT2D eigenvalue weighted by atomic mass is 10.1. The molecule has 0 bridgehead atoms. The van der Waals surface area contributed by atoms with E-state index in [1.54, 1.807) is 4.31 Å². The number of nitrogens with one attached hydrogen (secondary N) is 1. The predicted molar refractivity (Wildman–Crippen MR) is 67.3 cm³/mol. The van der Waals surface area contributed by atoms with E-state index in [1.807, 2.05) is 12.2 Å². The zero-order valence-electron chi connectivity index (χ0n) is 9.52. The predicted octanol–water partition coefficient (Wildman–Crippen LogP) is 0.795.